The summed E-state index contributed by atoms with van der Waals surface area (Å²) in [6.45, 7) is 0. The molecule has 0 saturated heterocycles. The van der Waals surface area contributed by atoms with Crippen molar-refractivity contribution in [1.82, 2.24) is 0 Å². The molecule has 0 nitrogen and oxygen atoms in total. The average molecular weight is 694 g/mol. The number of hydrogen-bond donors (Lipinski definition) is 0. The van der Waals surface area contributed by atoms with E-state index in [1.165, 1.54) is 0 Å². The molecule has 0 N–H and O–H groups in total. The molecule has 0 aliphatic heterocycles. The summed E-state index contributed by atoms with van der Waals surface area (Å²) in [5.74, 6) is 0. The Morgan fingerprint density at radius 2 is 1.00 bits per heavy atom. The van der Waals surface area contributed by atoms with Crippen LogP contribution < -0.4 is 0 Å². The van der Waals surface area contributed by atoms with Gasteiger partial charge in [0.2, 0.25) is 0 Å². The van der Waals surface area contributed by atoms with Crippen LogP contribution in [-0.2, 0) is 61.8 Å². The second-order valence-corrected chi connectivity index (χ2v) is 0. The minimum absolute atomic E-state index is 0. The molecule has 0 saturated carbocycles. The van der Waals surface area contributed by atoms with Crippen molar-refractivity contribution in [1.29, 1.82) is 0 Å². The van der Waals surface area contributed by atoms with Gasteiger partial charge in [0.15, 0.2) is 0 Å². The molecular formula is AgAuCuPbSn. The Bertz CT molecular complexity index is 11.6. The van der Waals surface area contributed by atoms with Crippen LogP contribution >= 0.6 is 0 Å². The van der Waals surface area contributed by atoms with Crippen LogP contribution in [0.2, 0.25) is 0 Å². The van der Waals surface area contributed by atoms with Crippen LogP contribution in [0.4, 0.5) is 0 Å². The minimum Gasteiger partial charge on any atom is 0 e. The molecule has 5 heavy (non-hydrogen) atoms. The summed E-state index contributed by atoms with van der Waals surface area (Å²) in [5.41, 5.74) is 0. The summed E-state index contributed by atoms with van der Waals surface area (Å²) in [6.07, 6.45) is 0. The fourth-order valence-corrected chi connectivity index (χ4v) is 0. The first-order valence-electron chi connectivity index (χ1n) is 0. The molecule has 0 rings (SSSR count). The van der Waals surface area contributed by atoms with Gasteiger partial charge < -0.3 is 0 Å². The fraction of sp³-hybridized carbons (Fsp3) is 0. The molecule has 11 radical (unpaired) electrons. The first-order chi connectivity index (χ1) is 0. The third-order valence-corrected chi connectivity index (χ3v) is 0. The van der Waals surface area contributed by atoms with Gasteiger partial charge in [-0.05, 0) is 0 Å². The number of hydrogen-bond acceptors (Lipinski definition) is 0. The van der Waals surface area contributed by atoms with E-state index in [2.05, 4.69) is 0 Å². The summed E-state index contributed by atoms with van der Waals surface area (Å²) in [6, 6.07) is 0. The molecule has 0 fully saturated rings. The predicted molar refractivity (Wildman–Crippen MR) is 11.5 cm³/mol. The first kappa shape index (κ1) is 37.5. The van der Waals surface area contributed by atoms with Gasteiger partial charge in [0.25, 0.3) is 0 Å². The maximum Gasteiger partial charge on any atom is 0 e. The van der Waals surface area contributed by atoms with Gasteiger partial charge in [0, 0.05) is 113 Å². The Hall–Kier alpha value is 3.72. The minimum atomic E-state index is 0. The van der Waals surface area contributed by atoms with Crippen LogP contribution in [0.3, 0.4) is 0 Å². The molecule has 0 aromatic rings. The maximum absolute atomic E-state index is 0. The van der Waals surface area contributed by atoms with Gasteiger partial charge in [-0.15, -0.1) is 0 Å². The molecule has 0 atom stereocenters. The molecule has 0 bridgehead atoms. The molecule has 5 heteroatoms. The number of rotatable bonds is 0. The van der Waals surface area contributed by atoms with E-state index in [1.54, 1.807) is 0 Å². The molecule has 41 valence electrons. The SMILES string of the molecule is [Ag].[Au].[Cu].[Pb].[Sn]. The van der Waals surface area contributed by atoms with Crippen molar-refractivity contribution < 1.29 is 61.8 Å². The van der Waals surface area contributed by atoms with E-state index >= 15 is 0 Å². The molecule has 0 spiro atoms. The molecule has 0 unspecified atom stereocenters. The van der Waals surface area contributed by atoms with E-state index in [9.17, 15) is 0 Å². The Morgan fingerprint density at radius 3 is 1.00 bits per heavy atom. The van der Waals surface area contributed by atoms with Gasteiger partial charge in [-0.1, -0.05) is 0 Å². The third kappa shape index (κ3) is 18.3. The van der Waals surface area contributed by atoms with Crippen LogP contribution in [0.15, 0.2) is 0 Å². The van der Waals surface area contributed by atoms with E-state index < -0.39 is 0 Å². The van der Waals surface area contributed by atoms with Crippen molar-refractivity contribution in [3.63, 3.8) is 0 Å². The predicted octanol–water partition coefficient (Wildman–Crippen LogP) is -0.769. The van der Waals surface area contributed by atoms with Crippen LogP contribution in [0.1, 0.15) is 0 Å². The van der Waals surface area contributed by atoms with Crippen molar-refractivity contribution in [2.45, 2.75) is 0 Å². The van der Waals surface area contributed by atoms with Crippen molar-refractivity contribution in [3.05, 3.63) is 0 Å². The second-order valence-electron chi connectivity index (χ2n) is 0. The van der Waals surface area contributed by atoms with Crippen molar-refractivity contribution in [3.8, 4) is 0 Å². The normalized spacial score (nSPS) is 0. The zero-order valence-corrected chi connectivity index (χ0v) is 13.2. The van der Waals surface area contributed by atoms with Crippen molar-refractivity contribution in [2.75, 3.05) is 0 Å². The van der Waals surface area contributed by atoms with Crippen molar-refractivity contribution >= 4 is 51.2 Å². The Kier molecular flexibility index (Phi) is 189. The van der Waals surface area contributed by atoms with Gasteiger partial charge in [-0.25, -0.2) is 0 Å². The van der Waals surface area contributed by atoms with E-state index in [0.717, 1.165) is 0 Å². The average Bonchev–Trinajstić information content (AvgIpc) is 0. The Labute approximate surface area is 111 Å². The molecule has 0 aromatic carbocycles. The summed E-state index contributed by atoms with van der Waals surface area (Å²) >= 11 is 0. The third-order valence-electron chi connectivity index (χ3n) is 0. The zero-order valence-electron chi connectivity index (χ0n) is 1.90. The molecule has 0 aromatic heterocycles. The quantitative estimate of drug-likeness (QED) is 0.293. The largest absolute Gasteiger partial charge is 0 e. The first-order valence-corrected chi connectivity index (χ1v) is 0. The van der Waals surface area contributed by atoms with E-state index in [-0.39, 0.29) is 113 Å². The summed E-state index contributed by atoms with van der Waals surface area (Å²) < 4.78 is 0. The standard InChI is InChI=1S/Ag.Au.Cu.Pb.Sn. The van der Waals surface area contributed by atoms with E-state index in [0.29, 0.717) is 0 Å². The van der Waals surface area contributed by atoms with Crippen LogP contribution in [0.25, 0.3) is 0 Å². The summed E-state index contributed by atoms with van der Waals surface area (Å²) in [4.78, 5) is 0. The molecule has 0 aliphatic carbocycles. The monoisotopic (exact) mass is 695 g/mol. The van der Waals surface area contributed by atoms with Gasteiger partial charge in [0.05, 0.1) is 0 Å². The van der Waals surface area contributed by atoms with Gasteiger partial charge >= 0.3 is 0 Å². The molecule has 0 aliphatic rings. The fourth-order valence-electron chi connectivity index (χ4n) is 0. The van der Waals surface area contributed by atoms with Crippen LogP contribution in [-0.4, -0.2) is 51.2 Å². The second kappa shape index (κ2) is 25.2. The zero-order chi connectivity index (χ0) is 0. The topological polar surface area (TPSA) is 0 Å². The summed E-state index contributed by atoms with van der Waals surface area (Å²) in [7, 11) is 0. The Morgan fingerprint density at radius 1 is 1.00 bits per heavy atom. The molecule has 0 amide bonds. The molecule has 0 heterocycles. The van der Waals surface area contributed by atoms with Gasteiger partial charge in [-0.2, -0.15) is 0 Å². The van der Waals surface area contributed by atoms with E-state index in [4.69, 9.17) is 0 Å². The van der Waals surface area contributed by atoms with Crippen LogP contribution in [0.5, 0.6) is 0 Å². The van der Waals surface area contributed by atoms with Gasteiger partial charge in [-0.3, -0.25) is 0 Å². The van der Waals surface area contributed by atoms with Crippen LogP contribution in [0, 0.1) is 0 Å². The molecular weight excluding hydrogens is 694 g/mol. The Balaban J connectivity index is 0. The van der Waals surface area contributed by atoms with Gasteiger partial charge in [0.1, 0.15) is 0 Å². The van der Waals surface area contributed by atoms with Crippen molar-refractivity contribution in [2.24, 2.45) is 0 Å². The van der Waals surface area contributed by atoms with E-state index in [1.807, 2.05) is 0 Å². The summed E-state index contributed by atoms with van der Waals surface area (Å²) in [5, 5.41) is 0. The maximum atomic E-state index is 0. The smallest absolute Gasteiger partial charge is 0 e.